The minimum Gasteiger partial charge on any atom is -0.398 e. The van der Waals surface area contributed by atoms with Crippen molar-refractivity contribution in [3.63, 3.8) is 0 Å². The molecule has 1 saturated carbocycles. The zero-order valence-corrected chi connectivity index (χ0v) is 26.9. The Bertz CT molecular complexity index is 1370. The van der Waals surface area contributed by atoms with Crippen molar-refractivity contribution in [1.82, 2.24) is 19.6 Å². The van der Waals surface area contributed by atoms with Crippen LogP contribution in [0.3, 0.4) is 0 Å². The summed E-state index contributed by atoms with van der Waals surface area (Å²) in [5.41, 5.74) is 11.4. The number of carbonyl (C=O) groups is 1. The summed E-state index contributed by atoms with van der Waals surface area (Å²) in [7, 11) is 3.47. The van der Waals surface area contributed by atoms with Crippen LogP contribution in [0.4, 0.5) is 11.5 Å². The first-order valence-electron chi connectivity index (χ1n) is 15.2. The van der Waals surface area contributed by atoms with Crippen molar-refractivity contribution in [3.8, 4) is 11.1 Å². The Labute approximate surface area is 260 Å². The predicted octanol–water partition coefficient (Wildman–Crippen LogP) is 4.31. The number of hydrogen-bond donors (Lipinski definition) is 2. The minimum absolute atomic E-state index is 0.00255. The molecule has 5 rings (SSSR count). The number of benzene rings is 1. The molecule has 2 aromatic rings. The lowest BCUT2D eigenvalue weighted by atomic mass is 9.60. The molecule has 234 valence electrons. The number of amides is 1. The van der Waals surface area contributed by atoms with Gasteiger partial charge in [-0.3, -0.25) is 14.4 Å². The first kappa shape index (κ1) is 31.5. The Morgan fingerprint density at radius 3 is 2.49 bits per heavy atom. The maximum atomic E-state index is 12.1. The van der Waals surface area contributed by atoms with E-state index in [0.717, 1.165) is 80.2 Å². The SMILES string of the molecule is C=CC(=O)N1CC2(CC(n3nc(N4CCN(C(COC)COC)C[C@@H]4CC)c(-c4c(Cl)c(C)cc(N)c4C=N)c3C)C2)C1. The molecular weight excluding hydrogens is 566 g/mol. The van der Waals surface area contributed by atoms with E-state index < -0.39 is 0 Å². The van der Waals surface area contributed by atoms with Gasteiger partial charge in [-0.1, -0.05) is 25.1 Å². The van der Waals surface area contributed by atoms with Gasteiger partial charge in [0.1, 0.15) is 0 Å². The molecule has 3 fully saturated rings. The summed E-state index contributed by atoms with van der Waals surface area (Å²) in [5, 5.41) is 14.2. The summed E-state index contributed by atoms with van der Waals surface area (Å²) in [6.07, 6.45) is 5.58. The normalized spacial score (nSPS) is 20.4. The van der Waals surface area contributed by atoms with Crippen LogP contribution < -0.4 is 10.6 Å². The predicted molar refractivity (Wildman–Crippen MR) is 172 cm³/mol. The van der Waals surface area contributed by atoms with E-state index in [9.17, 15) is 4.79 Å². The highest BCUT2D eigenvalue weighted by molar-refractivity contribution is 6.35. The van der Waals surface area contributed by atoms with Crippen LogP contribution >= 0.6 is 11.6 Å². The van der Waals surface area contributed by atoms with Crippen LogP contribution in [0, 0.1) is 24.7 Å². The van der Waals surface area contributed by atoms with Crippen molar-refractivity contribution >= 4 is 35.2 Å². The van der Waals surface area contributed by atoms with E-state index in [4.69, 9.17) is 37.3 Å². The number of anilines is 2. The second-order valence-electron chi connectivity index (χ2n) is 12.5. The summed E-state index contributed by atoms with van der Waals surface area (Å²) in [6.45, 7) is 15.2. The van der Waals surface area contributed by atoms with E-state index in [0.29, 0.717) is 29.5 Å². The molecule has 3 heterocycles. The van der Waals surface area contributed by atoms with Crippen LogP contribution in [0.5, 0.6) is 0 Å². The van der Waals surface area contributed by atoms with Gasteiger partial charge in [0.25, 0.3) is 0 Å². The van der Waals surface area contributed by atoms with E-state index in [1.54, 1.807) is 14.2 Å². The number of aryl methyl sites for hydroxylation is 1. The van der Waals surface area contributed by atoms with Crippen molar-refractivity contribution in [2.24, 2.45) is 5.41 Å². The quantitative estimate of drug-likeness (QED) is 0.221. The smallest absolute Gasteiger partial charge is 0.245 e. The number of carbonyl (C=O) groups excluding carboxylic acids is 1. The lowest BCUT2D eigenvalue weighted by molar-refractivity contribution is -0.149. The topological polar surface area (TPSA) is 113 Å². The molecule has 1 atom stereocenters. The number of methoxy groups -OCH3 is 2. The summed E-state index contributed by atoms with van der Waals surface area (Å²) >= 11 is 7.05. The maximum Gasteiger partial charge on any atom is 0.245 e. The fourth-order valence-electron chi connectivity index (χ4n) is 7.49. The molecule has 1 aliphatic carbocycles. The Morgan fingerprint density at radius 2 is 1.91 bits per heavy atom. The average Bonchev–Trinajstić information content (AvgIpc) is 3.28. The molecule has 43 heavy (non-hydrogen) atoms. The molecule has 0 radical (unpaired) electrons. The van der Waals surface area contributed by atoms with E-state index in [1.807, 2.05) is 17.9 Å². The van der Waals surface area contributed by atoms with E-state index in [2.05, 4.69) is 34.9 Å². The summed E-state index contributed by atoms with van der Waals surface area (Å²) < 4.78 is 13.2. The molecule has 3 N–H and O–H groups in total. The van der Waals surface area contributed by atoms with Crippen LogP contribution in [0.1, 0.15) is 49.0 Å². The highest BCUT2D eigenvalue weighted by Crippen LogP contribution is 2.55. The molecule has 1 aromatic carbocycles. The number of rotatable bonds is 11. The van der Waals surface area contributed by atoms with Crippen molar-refractivity contribution in [2.45, 2.75) is 58.2 Å². The van der Waals surface area contributed by atoms with Crippen LogP contribution in [-0.2, 0) is 14.3 Å². The third kappa shape index (κ3) is 5.59. The summed E-state index contributed by atoms with van der Waals surface area (Å²) in [6, 6.07) is 2.47. The van der Waals surface area contributed by atoms with Crippen molar-refractivity contribution in [3.05, 3.63) is 40.6 Å². The maximum absolute atomic E-state index is 12.1. The number of likely N-dealkylation sites (tertiary alicyclic amines) is 1. The molecule has 3 aliphatic rings. The number of nitrogen functional groups attached to an aromatic ring is 1. The fourth-order valence-corrected chi connectivity index (χ4v) is 7.74. The summed E-state index contributed by atoms with van der Waals surface area (Å²) in [4.78, 5) is 18.8. The van der Waals surface area contributed by atoms with Gasteiger partial charge in [0, 0.05) is 92.7 Å². The van der Waals surface area contributed by atoms with Gasteiger partial charge in [-0.05, 0) is 50.8 Å². The number of nitrogens with one attached hydrogen (secondary N) is 1. The van der Waals surface area contributed by atoms with Gasteiger partial charge in [-0.25, -0.2) is 0 Å². The van der Waals surface area contributed by atoms with Crippen molar-refractivity contribution in [2.75, 3.05) is 70.8 Å². The van der Waals surface area contributed by atoms with Crippen LogP contribution in [0.15, 0.2) is 18.7 Å². The van der Waals surface area contributed by atoms with Gasteiger partial charge in [0.15, 0.2) is 5.82 Å². The van der Waals surface area contributed by atoms with Crippen molar-refractivity contribution < 1.29 is 14.3 Å². The van der Waals surface area contributed by atoms with Gasteiger partial charge in [-0.15, -0.1) is 0 Å². The van der Waals surface area contributed by atoms with Gasteiger partial charge in [-0.2, -0.15) is 5.10 Å². The molecule has 10 nitrogen and oxygen atoms in total. The molecule has 1 aromatic heterocycles. The Kier molecular flexibility index (Phi) is 9.23. The van der Waals surface area contributed by atoms with Gasteiger partial charge >= 0.3 is 0 Å². The third-order valence-electron chi connectivity index (χ3n) is 9.76. The van der Waals surface area contributed by atoms with E-state index >= 15 is 0 Å². The number of hydrogen-bond acceptors (Lipinski definition) is 8. The average molecular weight is 612 g/mol. The molecule has 1 amide bonds. The van der Waals surface area contributed by atoms with Crippen LogP contribution in [0.25, 0.3) is 11.1 Å². The Balaban J connectivity index is 1.53. The van der Waals surface area contributed by atoms with Crippen LogP contribution in [0.2, 0.25) is 5.02 Å². The first-order chi connectivity index (χ1) is 20.6. The molecule has 11 heteroatoms. The Morgan fingerprint density at radius 1 is 1.23 bits per heavy atom. The number of nitrogens with two attached hydrogens (primary N) is 1. The monoisotopic (exact) mass is 611 g/mol. The zero-order chi connectivity index (χ0) is 31.1. The standard InChI is InChI=1S/C32H46ClN7O3/c1-7-22-15-37(24(16-42-5)17-43-6)9-10-39(22)31-28(29-25(14-34)26(35)11-20(3)30(29)33)21(4)40(36-31)23-12-32(13-23)18-38(19-32)27(41)8-2/h8,11,14,22-24,34H,2,7,9-10,12-13,15-19,35H2,1,3-6H3/t22-/m0/s1. The highest BCUT2D eigenvalue weighted by atomic mass is 35.5. The summed E-state index contributed by atoms with van der Waals surface area (Å²) in [5.74, 6) is 0.898. The molecule has 2 aliphatic heterocycles. The Hall–Kier alpha value is -2.92. The second kappa shape index (κ2) is 12.6. The van der Waals surface area contributed by atoms with Crippen molar-refractivity contribution in [1.29, 1.82) is 5.41 Å². The lowest BCUT2D eigenvalue weighted by Crippen LogP contribution is -2.63. The van der Waals surface area contributed by atoms with Gasteiger partial charge in [0.05, 0.1) is 30.3 Å². The molecule has 0 bridgehead atoms. The number of piperazine rings is 1. The number of halogens is 1. The van der Waals surface area contributed by atoms with E-state index in [-0.39, 0.29) is 29.4 Å². The highest BCUT2D eigenvalue weighted by Gasteiger charge is 2.54. The van der Waals surface area contributed by atoms with Gasteiger partial charge < -0.3 is 30.4 Å². The van der Waals surface area contributed by atoms with Crippen LogP contribution in [-0.4, -0.2) is 104 Å². The number of aromatic nitrogens is 2. The number of nitrogens with zero attached hydrogens (tertiary/aromatic N) is 5. The zero-order valence-electron chi connectivity index (χ0n) is 26.2. The molecule has 1 spiro atoms. The van der Waals surface area contributed by atoms with Gasteiger partial charge in [0.2, 0.25) is 5.91 Å². The molecule has 0 unspecified atom stereocenters. The first-order valence-corrected chi connectivity index (χ1v) is 15.6. The van der Waals surface area contributed by atoms with E-state index in [1.165, 1.54) is 12.3 Å². The second-order valence-corrected chi connectivity index (χ2v) is 12.9. The third-order valence-corrected chi connectivity index (χ3v) is 10.2. The fraction of sp³-hybridized carbons (Fsp3) is 0.594. The largest absolute Gasteiger partial charge is 0.398 e. The molecular formula is C32H46ClN7O3. The number of ether oxygens (including phenoxy) is 2. The molecule has 2 saturated heterocycles. The lowest BCUT2D eigenvalue weighted by Gasteiger charge is -2.58. The minimum atomic E-state index is 0.00255.